The lowest BCUT2D eigenvalue weighted by Crippen LogP contribution is -2.35. The van der Waals surface area contributed by atoms with Crippen molar-refractivity contribution in [1.29, 1.82) is 0 Å². The summed E-state index contributed by atoms with van der Waals surface area (Å²) < 4.78 is 0. The van der Waals surface area contributed by atoms with Crippen molar-refractivity contribution >= 4 is 11.6 Å². The maximum absolute atomic E-state index is 6.58. The van der Waals surface area contributed by atoms with Crippen molar-refractivity contribution in [2.24, 2.45) is 5.41 Å². The van der Waals surface area contributed by atoms with E-state index in [1.54, 1.807) is 0 Å². The van der Waals surface area contributed by atoms with Crippen molar-refractivity contribution in [1.82, 2.24) is 5.32 Å². The van der Waals surface area contributed by atoms with Crippen LogP contribution in [0.2, 0.25) is 5.02 Å². The van der Waals surface area contributed by atoms with Gasteiger partial charge in [0.2, 0.25) is 0 Å². The fourth-order valence-electron chi connectivity index (χ4n) is 3.52. The zero-order chi connectivity index (χ0) is 14.8. The van der Waals surface area contributed by atoms with Gasteiger partial charge < -0.3 is 5.32 Å². The fourth-order valence-corrected chi connectivity index (χ4v) is 3.84. The molecule has 1 aromatic carbocycles. The van der Waals surface area contributed by atoms with Crippen LogP contribution in [0.5, 0.6) is 0 Å². The Balaban J connectivity index is 2.38. The average molecular weight is 294 g/mol. The van der Waals surface area contributed by atoms with E-state index >= 15 is 0 Å². The molecule has 20 heavy (non-hydrogen) atoms. The van der Waals surface area contributed by atoms with Gasteiger partial charge in [-0.05, 0) is 67.8 Å². The van der Waals surface area contributed by atoms with Crippen LogP contribution in [0.3, 0.4) is 0 Å². The molecule has 1 atom stereocenters. The molecule has 0 spiro atoms. The average Bonchev–Trinajstić information content (AvgIpc) is 2.83. The molecular formula is C18H28ClN. The standard InChI is InChI=1S/C18H28ClN/c1-5-10-20-17(18(4)8-6-7-9-18)15-11-13(2)14(3)12-16(15)19/h11-12,17,20H,5-10H2,1-4H3. The molecular weight excluding hydrogens is 266 g/mol. The summed E-state index contributed by atoms with van der Waals surface area (Å²) in [7, 11) is 0. The lowest BCUT2D eigenvalue weighted by atomic mass is 9.76. The number of aryl methyl sites for hydroxylation is 2. The third-order valence-electron chi connectivity index (χ3n) is 4.97. The first-order valence-electron chi connectivity index (χ1n) is 7.98. The SMILES string of the molecule is CCCNC(c1cc(C)c(C)cc1Cl)C1(C)CCCC1. The maximum atomic E-state index is 6.58. The zero-order valence-electron chi connectivity index (χ0n) is 13.4. The quantitative estimate of drug-likeness (QED) is 0.747. The Morgan fingerprint density at radius 2 is 1.80 bits per heavy atom. The first kappa shape index (κ1) is 15.9. The molecule has 1 unspecified atom stereocenters. The number of hydrogen-bond donors (Lipinski definition) is 1. The summed E-state index contributed by atoms with van der Waals surface area (Å²) in [4.78, 5) is 0. The highest BCUT2D eigenvalue weighted by Gasteiger charge is 2.38. The van der Waals surface area contributed by atoms with Crippen molar-refractivity contribution in [3.8, 4) is 0 Å². The Hall–Kier alpha value is -0.530. The molecule has 0 saturated heterocycles. The summed E-state index contributed by atoms with van der Waals surface area (Å²) in [6.45, 7) is 10.0. The van der Waals surface area contributed by atoms with Gasteiger partial charge in [0.1, 0.15) is 0 Å². The maximum Gasteiger partial charge on any atom is 0.0456 e. The Bertz CT molecular complexity index is 461. The highest BCUT2D eigenvalue weighted by Crippen LogP contribution is 2.48. The molecule has 112 valence electrons. The minimum absolute atomic E-state index is 0.348. The van der Waals surface area contributed by atoms with Crippen LogP contribution < -0.4 is 5.32 Å². The fraction of sp³-hybridized carbons (Fsp3) is 0.667. The van der Waals surface area contributed by atoms with Gasteiger partial charge in [-0.15, -0.1) is 0 Å². The molecule has 1 N–H and O–H groups in total. The Kier molecular flexibility index (Phi) is 5.14. The predicted molar refractivity (Wildman–Crippen MR) is 88.5 cm³/mol. The number of benzene rings is 1. The van der Waals surface area contributed by atoms with E-state index in [1.165, 1.54) is 42.4 Å². The molecule has 1 aliphatic rings. The van der Waals surface area contributed by atoms with Crippen LogP contribution in [0.4, 0.5) is 0 Å². The molecule has 1 nitrogen and oxygen atoms in total. The lowest BCUT2D eigenvalue weighted by molar-refractivity contribution is 0.223. The molecule has 1 saturated carbocycles. The molecule has 0 aromatic heterocycles. The van der Waals surface area contributed by atoms with Crippen LogP contribution >= 0.6 is 11.6 Å². The monoisotopic (exact) mass is 293 g/mol. The lowest BCUT2D eigenvalue weighted by Gasteiger charge is -2.36. The van der Waals surface area contributed by atoms with E-state index in [-0.39, 0.29) is 0 Å². The first-order valence-corrected chi connectivity index (χ1v) is 8.36. The summed E-state index contributed by atoms with van der Waals surface area (Å²) in [5.74, 6) is 0. The second-order valence-corrected chi connectivity index (χ2v) is 7.11. The smallest absolute Gasteiger partial charge is 0.0456 e. The predicted octanol–water partition coefficient (Wildman–Crippen LogP) is 5.58. The van der Waals surface area contributed by atoms with Crippen LogP contribution in [0.15, 0.2) is 12.1 Å². The van der Waals surface area contributed by atoms with E-state index in [9.17, 15) is 0 Å². The summed E-state index contributed by atoms with van der Waals surface area (Å²) in [5.41, 5.74) is 4.27. The van der Waals surface area contributed by atoms with E-state index in [0.717, 1.165) is 18.0 Å². The molecule has 2 heteroatoms. The van der Waals surface area contributed by atoms with Crippen LogP contribution in [0.25, 0.3) is 0 Å². The molecule has 0 aliphatic heterocycles. The number of hydrogen-bond acceptors (Lipinski definition) is 1. The highest BCUT2D eigenvalue weighted by molar-refractivity contribution is 6.31. The van der Waals surface area contributed by atoms with Crippen LogP contribution in [-0.2, 0) is 0 Å². The molecule has 0 bridgehead atoms. The van der Waals surface area contributed by atoms with Gasteiger partial charge in [-0.3, -0.25) is 0 Å². The summed E-state index contributed by atoms with van der Waals surface area (Å²) in [6, 6.07) is 4.82. The largest absolute Gasteiger partial charge is 0.309 e. The van der Waals surface area contributed by atoms with E-state index in [4.69, 9.17) is 11.6 Å². The van der Waals surface area contributed by atoms with Crippen LogP contribution in [-0.4, -0.2) is 6.54 Å². The minimum atomic E-state index is 0.348. The second-order valence-electron chi connectivity index (χ2n) is 6.71. The van der Waals surface area contributed by atoms with E-state index in [1.807, 2.05) is 0 Å². The van der Waals surface area contributed by atoms with E-state index in [2.05, 4.69) is 45.1 Å². The van der Waals surface area contributed by atoms with Crippen molar-refractivity contribution in [2.75, 3.05) is 6.54 Å². The van der Waals surface area contributed by atoms with Gasteiger partial charge in [0.25, 0.3) is 0 Å². The van der Waals surface area contributed by atoms with Crippen molar-refractivity contribution in [3.05, 3.63) is 33.8 Å². The third-order valence-corrected chi connectivity index (χ3v) is 5.29. The first-order chi connectivity index (χ1) is 9.48. The van der Waals surface area contributed by atoms with E-state index < -0.39 is 0 Å². The highest BCUT2D eigenvalue weighted by atomic mass is 35.5. The second kappa shape index (κ2) is 6.49. The molecule has 1 aromatic rings. The number of nitrogens with one attached hydrogen (secondary N) is 1. The van der Waals surface area contributed by atoms with Crippen molar-refractivity contribution < 1.29 is 0 Å². The molecule has 1 aliphatic carbocycles. The number of halogens is 1. The minimum Gasteiger partial charge on any atom is -0.309 e. The molecule has 2 rings (SSSR count). The van der Waals surface area contributed by atoms with Gasteiger partial charge >= 0.3 is 0 Å². The van der Waals surface area contributed by atoms with Crippen molar-refractivity contribution in [3.63, 3.8) is 0 Å². The van der Waals surface area contributed by atoms with Gasteiger partial charge in [0.15, 0.2) is 0 Å². The normalized spacial score (nSPS) is 19.2. The summed E-state index contributed by atoms with van der Waals surface area (Å²) >= 11 is 6.58. The molecule has 0 heterocycles. The van der Waals surface area contributed by atoms with Gasteiger partial charge in [-0.1, -0.05) is 44.4 Å². The topological polar surface area (TPSA) is 12.0 Å². The third kappa shape index (κ3) is 3.20. The summed E-state index contributed by atoms with van der Waals surface area (Å²) in [6.07, 6.45) is 6.47. The van der Waals surface area contributed by atoms with Gasteiger partial charge in [0.05, 0.1) is 0 Å². The van der Waals surface area contributed by atoms with Gasteiger partial charge in [0, 0.05) is 11.1 Å². The Morgan fingerprint density at radius 3 is 2.40 bits per heavy atom. The van der Waals surface area contributed by atoms with Crippen molar-refractivity contribution in [2.45, 2.75) is 65.8 Å². The van der Waals surface area contributed by atoms with Crippen LogP contribution in [0, 0.1) is 19.3 Å². The Morgan fingerprint density at radius 1 is 1.20 bits per heavy atom. The van der Waals surface area contributed by atoms with Gasteiger partial charge in [-0.25, -0.2) is 0 Å². The zero-order valence-corrected chi connectivity index (χ0v) is 14.1. The Labute approximate surface area is 129 Å². The van der Waals surface area contributed by atoms with E-state index in [0.29, 0.717) is 11.5 Å². The van der Waals surface area contributed by atoms with Gasteiger partial charge in [-0.2, -0.15) is 0 Å². The summed E-state index contributed by atoms with van der Waals surface area (Å²) in [5, 5.41) is 4.70. The molecule has 0 radical (unpaired) electrons. The molecule has 0 amide bonds. The number of rotatable bonds is 5. The van der Waals surface area contributed by atoms with Crippen LogP contribution in [0.1, 0.15) is 68.7 Å². The molecule has 1 fully saturated rings.